The minimum Gasteiger partial charge on any atom is -0.302 e. The summed E-state index contributed by atoms with van der Waals surface area (Å²) in [7, 11) is 1.93. The van der Waals surface area contributed by atoms with Crippen LogP contribution in [0, 0.1) is 31.1 Å². The van der Waals surface area contributed by atoms with Gasteiger partial charge in [0.15, 0.2) is 0 Å². The number of hydrogen-bond acceptors (Lipinski definition) is 3. The number of nitrogens with zero attached hydrogens (tertiary/aromatic N) is 1. The molecule has 1 aromatic carbocycles. The molecule has 2 nitrogen and oxygen atoms in total. The normalized spacial score (nSPS) is 25.0. The standard InChI is InChI=1S/C18H26N2S/c1-14-9-15(2)11-16(10-14)12-21-8-6-17-5-4-7-18(17,13-19)20-3/h9-11,17,20H,4-8,12H2,1-3H3. The highest BCUT2D eigenvalue weighted by Gasteiger charge is 2.41. The maximum absolute atomic E-state index is 9.46. The molecule has 1 aliphatic carbocycles. The van der Waals surface area contributed by atoms with Crippen molar-refractivity contribution in [1.82, 2.24) is 5.32 Å². The molecule has 1 aliphatic rings. The molecule has 2 atom stereocenters. The maximum Gasteiger partial charge on any atom is 0.109 e. The van der Waals surface area contributed by atoms with Gasteiger partial charge in [0, 0.05) is 5.75 Å². The second-order valence-corrected chi connectivity index (χ2v) is 7.36. The van der Waals surface area contributed by atoms with Crippen molar-refractivity contribution in [3.63, 3.8) is 0 Å². The molecule has 0 bridgehead atoms. The Morgan fingerprint density at radius 3 is 2.67 bits per heavy atom. The molecular formula is C18H26N2S. The number of benzene rings is 1. The zero-order valence-corrected chi connectivity index (χ0v) is 14.2. The van der Waals surface area contributed by atoms with Crippen LogP contribution in [-0.2, 0) is 5.75 Å². The van der Waals surface area contributed by atoms with Gasteiger partial charge in [-0.1, -0.05) is 35.7 Å². The van der Waals surface area contributed by atoms with Crippen LogP contribution in [0.4, 0.5) is 0 Å². The van der Waals surface area contributed by atoms with Gasteiger partial charge >= 0.3 is 0 Å². The van der Waals surface area contributed by atoms with E-state index < -0.39 is 0 Å². The number of thioether (sulfide) groups is 1. The molecule has 0 aliphatic heterocycles. The zero-order chi connectivity index (χ0) is 15.3. The Morgan fingerprint density at radius 1 is 1.33 bits per heavy atom. The van der Waals surface area contributed by atoms with E-state index in [1.807, 2.05) is 18.8 Å². The van der Waals surface area contributed by atoms with E-state index in [0.717, 1.165) is 24.3 Å². The van der Waals surface area contributed by atoms with Gasteiger partial charge in [-0.05, 0) is 57.4 Å². The van der Waals surface area contributed by atoms with Crippen LogP contribution < -0.4 is 5.32 Å². The molecule has 21 heavy (non-hydrogen) atoms. The van der Waals surface area contributed by atoms with E-state index in [0.29, 0.717) is 5.92 Å². The summed E-state index contributed by atoms with van der Waals surface area (Å²) < 4.78 is 0. The Labute approximate surface area is 133 Å². The van der Waals surface area contributed by atoms with Crippen LogP contribution in [0.1, 0.15) is 42.4 Å². The molecule has 1 N–H and O–H groups in total. The summed E-state index contributed by atoms with van der Waals surface area (Å²) in [5.74, 6) is 2.73. The predicted molar refractivity (Wildman–Crippen MR) is 91.4 cm³/mol. The summed E-state index contributed by atoms with van der Waals surface area (Å²) in [6, 6.07) is 9.31. The molecule has 0 saturated heterocycles. The van der Waals surface area contributed by atoms with Gasteiger partial charge in [0.1, 0.15) is 5.54 Å². The third-order valence-corrected chi connectivity index (χ3v) is 5.69. The van der Waals surface area contributed by atoms with E-state index in [-0.39, 0.29) is 5.54 Å². The highest BCUT2D eigenvalue weighted by atomic mass is 32.2. The molecular weight excluding hydrogens is 276 g/mol. The van der Waals surface area contributed by atoms with Gasteiger partial charge in [0.2, 0.25) is 0 Å². The molecule has 1 fully saturated rings. The van der Waals surface area contributed by atoms with Crippen LogP contribution in [0.5, 0.6) is 0 Å². The summed E-state index contributed by atoms with van der Waals surface area (Å²) >= 11 is 2.00. The van der Waals surface area contributed by atoms with Gasteiger partial charge in [-0.25, -0.2) is 0 Å². The minimum atomic E-state index is -0.263. The van der Waals surface area contributed by atoms with Crippen molar-refractivity contribution in [3.05, 3.63) is 34.9 Å². The number of aryl methyl sites for hydroxylation is 2. The predicted octanol–water partition coefficient (Wildman–Crippen LogP) is 4.21. The summed E-state index contributed by atoms with van der Waals surface area (Å²) in [6.45, 7) is 4.32. The molecule has 1 saturated carbocycles. The molecule has 0 amide bonds. The largest absolute Gasteiger partial charge is 0.302 e. The smallest absolute Gasteiger partial charge is 0.109 e. The Hall–Kier alpha value is -0.980. The van der Waals surface area contributed by atoms with Crippen molar-refractivity contribution in [2.24, 2.45) is 5.92 Å². The minimum absolute atomic E-state index is 0.263. The second kappa shape index (κ2) is 7.33. The first-order valence-corrected chi connectivity index (χ1v) is 9.00. The Balaban J connectivity index is 1.81. The van der Waals surface area contributed by atoms with Crippen LogP contribution >= 0.6 is 11.8 Å². The van der Waals surface area contributed by atoms with E-state index in [2.05, 4.69) is 43.4 Å². The average molecular weight is 302 g/mol. The van der Waals surface area contributed by atoms with Crippen LogP contribution in [0.3, 0.4) is 0 Å². The fraction of sp³-hybridized carbons (Fsp3) is 0.611. The van der Waals surface area contributed by atoms with Crippen molar-refractivity contribution in [1.29, 1.82) is 5.26 Å². The van der Waals surface area contributed by atoms with Gasteiger partial charge in [-0.2, -0.15) is 17.0 Å². The molecule has 2 unspecified atom stereocenters. The van der Waals surface area contributed by atoms with Crippen molar-refractivity contribution < 1.29 is 0 Å². The lowest BCUT2D eigenvalue weighted by molar-refractivity contribution is 0.332. The number of rotatable bonds is 6. The van der Waals surface area contributed by atoms with E-state index in [4.69, 9.17) is 0 Å². The van der Waals surface area contributed by atoms with Gasteiger partial charge in [0.05, 0.1) is 6.07 Å². The summed E-state index contributed by atoms with van der Waals surface area (Å²) in [5.41, 5.74) is 3.85. The quantitative estimate of drug-likeness (QED) is 0.800. The summed E-state index contributed by atoms with van der Waals surface area (Å²) in [6.07, 6.45) is 4.52. The highest BCUT2D eigenvalue weighted by molar-refractivity contribution is 7.98. The fourth-order valence-corrected chi connectivity index (χ4v) is 4.57. The third kappa shape index (κ3) is 4.02. The molecule has 114 valence electrons. The lowest BCUT2D eigenvalue weighted by atomic mass is 9.87. The van der Waals surface area contributed by atoms with Gasteiger partial charge < -0.3 is 5.32 Å². The summed E-state index contributed by atoms with van der Waals surface area (Å²) in [5, 5.41) is 12.7. The first-order chi connectivity index (χ1) is 10.1. The van der Waals surface area contributed by atoms with Crippen molar-refractivity contribution in [3.8, 4) is 6.07 Å². The SMILES string of the molecule is CNC1(C#N)CCCC1CCSCc1cc(C)cc(C)c1. The van der Waals surface area contributed by atoms with Gasteiger partial charge in [0.25, 0.3) is 0 Å². The fourth-order valence-electron chi connectivity index (χ4n) is 3.57. The molecule has 3 heteroatoms. The molecule has 0 spiro atoms. The molecule has 0 radical (unpaired) electrons. The lowest BCUT2D eigenvalue weighted by Gasteiger charge is -2.28. The first kappa shape index (κ1) is 16.4. The molecule has 0 heterocycles. The van der Waals surface area contributed by atoms with E-state index in [1.54, 1.807) is 0 Å². The van der Waals surface area contributed by atoms with E-state index >= 15 is 0 Å². The lowest BCUT2D eigenvalue weighted by Crippen LogP contribution is -2.44. The van der Waals surface area contributed by atoms with Crippen LogP contribution in [0.25, 0.3) is 0 Å². The number of nitrogens with one attached hydrogen (secondary N) is 1. The van der Waals surface area contributed by atoms with Crippen LogP contribution in [-0.4, -0.2) is 18.3 Å². The zero-order valence-electron chi connectivity index (χ0n) is 13.4. The summed E-state index contributed by atoms with van der Waals surface area (Å²) in [4.78, 5) is 0. The number of nitriles is 1. The van der Waals surface area contributed by atoms with Gasteiger partial charge in [-0.15, -0.1) is 0 Å². The Morgan fingerprint density at radius 2 is 2.05 bits per heavy atom. The van der Waals surface area contributed by atoms with Crippen LogP contribution in [0.15, 0.2) is 18.2 Å². The first-order valence-electron chi connectivity index (χ1n) is 7.85. The van der Waals surface area contributed by atoms with Crippen molar-refractivity contribution in [2.75, 3.05) is 12.8 Å². The Bertz CT molecular complexity index is 500. The third-order valence-electron chi connectivity index (χ3n) is 4.63. The average Bonchev–Trinajstić information content (AvgIpc) is 2.86. The monoisotopic (exact) mass is 302 g/mol. The van der Waals surface area contributed by atoms with Gasteiger partial charge in [-0.3, -0.25) is 0 Å². The maximum atomic E-state index is 9.46. The van der Waals surface area contributed by atoms with Crippen molar-refractivity contribution in [2.45, 2.75) is 50.8 Å². The second-order valence-electron chi connectivity index (χ2n) is 6.26. The van der Waals surface area contributed by atoms with Crippen molar-refractivity contribution >= 4 is 11.8 Å². The molecule has 2 rings (SSSR count). The van der Waals surface area contributed by atoms with E-state index in [1.165, 1.54) is 29.5 Å². The van der Waals surface area contributed by atoms with Crippen LogP contribution in [0.2, 0.25) is 0 Å². The molecule has 1 aromatic rings. The molecule has 0 aromatic heterocycles. The Kier molecular flexibility index (Phi) is 5.72. The van der Waals surface area contributed by atoms with E-state index in [9.17, 15) is 5.26 Å². The number of hydrogen-bond donors (Lipinski definition) is 1. The highest BCUT2D eigenvalue weighted by Crippen LogP contribution is 2.38. The topological polar surface area (TPSA) is 35.8 Å².